The van der Waals surface area contributed by atoms with Gasteiger partial charge in [-0.05, 0) is 36.4 Å². The number of ether oxygens (including phenoxy) is 1. The van der Waals surface area contributed by atoms with Gasteiger partial charge < -0.3 is 19.9 Å². The SMILES string of the molecule is COc1ccc(N2C[C@@H](C(=O)NCCS(=O)(=O)N3CCN(c4ccccc4)CC3)CC2=O)cc1. The molecule has 0 radical (unpaired) electrons. The van der Waals surface area contributed by atoms with E-state index in [2.05, 4.69) is 10.2 Å². The van der Waals surface area contributed by atoms with E-state index >= 15 is 0 Å². The van der Waals surface area contributed by atoms with Crippen LogP contribution in [0.3, 0.4) is 0 Å². The van der Waals surface area contributed by atoms with Crippen molar-refractivity contribution in [2.45, 2.75) is 6.42 Å². The topological polar surface area (TPSA) is 99.3 Å². The van der Waals surface area contributed by atoms with Crippen LogP contribution >= 0.6 is 0 Å². The monoisotopic (exact) mass is 486 g/mol. The zero-order chi connectivity index (χ0) is 24.1. The summed E-state index contributed by atoms with van der Waals surface area (Å²) in [7, 11) is -1.91. The van der Waals surface area contributed by atoms with Crippen molar-refractivity contribution in [2.24, 2.45) is 5.92 Å². The Hall–Kier alpha value is -3.11. The van der Waals surface area contributed by atoms with Gasteiger partial charge in [0, 0.05) is 57.1 Å². The van der Waals surface area contributed by atoms with E-state index in [4.69, 9.17) is 4.74 Å². The summed E-state index contributed by atoms with van der Waals surface area (Å²) in [6, 6.07) is 17.0. The molecular weight excluding hydrogens is 456 g/mol. The molecule has 0 unspecified atom stereocenters. The highest BCUT2D eigenvalue weighted by atomic mass is 32.2. The lowest BCUT2D eigenvalue weighted by Crippen LogP contribution is -2.50. The van der Waals surface area contributed by atoms with Crippen LogP contribution in [0.1, 0.15) is 6.42 Å². The first-order valence-electron chi connectivity index (χ1n) is 11.4. The van der Waals surface area contributed by atoms with Gasteiger partial charge in [-0.3, -0.25) is 9.59 Å². The molecule has 0 saturated carbocycles. The van der Waals surface area contributed by atoms with E-state index in [1.165, 1.54) is 4.31 Å². The standard InChI is InChI=1S/C24H30N4O5S/c1-33-22-9-7-21(8-10-22)28-18-19(17-23(28)29)24(30)25-11-16-34(31,32)27-14-12-26(13-15-27)20-5-3-2-4-6-20/h2-10,19H,11-18H2,1H3,(H,25,30)/t19-/m0/s1. The van der Waals surface area contributed by atoms with Gasteiger partial charge >= 0.3 is 0 Å². The number of carbonyl (C=O) groups excluding carboxylic acids is 2. The Morgan fingerprint density at radius 3 is 2.32 bits per heavy atom. The van der Waals surface area contributed by atoms with E-state index in [0.717, 1.165) is 5.69 Å². The number of nitrogens with one attached hydrogen (secondary N) is 1. The summed E-state index contributed by atoms with van der Waals surface area (Å²) in [5.41, 5.74) is 1.79. The van der Waals surface area contributed by atoms with E-state index in [1.54, 1.807) is 36.3 Å². The largest absolute Gasteiger partial charge is 0.497 e. The van der Waals surface area contributed by atoms with Gasteiger partial charge in [0.1, 0.15) is 5.75 Å². The molecule has 1 N–H and O–H groups in total. The third-order valence-electron chi connectivity index (χ3n) is 6.29. The van der Waals surface area contributed by atoms with Gasteiger partial charge in [0.2, 0.25) is 21.8 Å². The molecule has 2 amide bonds. The van der Waals surface area contributed by atoms with Crippen LogP contribution < -0.4 is 19.9 Å². The molecule has 0 aromatic heterocycles. The van der Waals surface area contributed by atoms with Crippen molar-refractivity contribution in [3.63, 3.8) is 0 Å². The molecule has 2 saturated heterocycles. The molecule has 1 atom stereocenters. The number of carbonyl (C=O) groups is 2. The average molecular weight is 487 g/mol. The molecule has 2 aromatic rings. The lowest BCUT2D eigenvalue weighted by Gasteiger charge is -2.35. The Bertz CT molecular complexity index is 1100. The van der Waals surface area contributed by atoms with Crippen LogP contribution in [0.5, 0.6) is 5.75 Å². The van der Waals surface area contributed by atoms with Crippen molar-refractivity contribution in [1.29, 1.82) is 0 Å². The number of hydrogen-bond donors (Lipinski definition) is 1. The summed E-state index contributed by atoms with van der Waals surface area (Å²) in [5.74, 6) is -0.408. The van der Waals surface area contributed by atoms with Crippen LogP contribution in [0, 0.1) is 5.92 Å². The maximum atomic E-state index is 12.8. The van der Waals surface area contributed by atoms with Crippen molar-refractivity contribution < 1.29 is 22.7 Å². The van der Waals surface area contributed by atoms with Crippen LogP contribution in [0.2, 0.25) is 0 Å². The maximum absolute atomic E-state index is 12.8. The Balaban J connectivity index is 1.23. The van der Waals surface area contributed by atoms with Gasteiger partial charge in [-0.1, -0.05) is 18.2 Å². The Kier molecular flexibility index (Phi) is 7.38. The van der Waals surface area contributed by atoms with Crippen molar-refractivity contribution in [2.75, 3.05) is 61.9 Å². The molecule has 0 bridgehead atoms. The first-order valence-corrected chi connectivity index (χ1v) is 13.0. The highest BCUT2D eigenvalue weighted by molar-refractivity contribution is 7.89. The fourth-order valence-electron chi connectivity index (χ4n) is 4.33. The molecule has 0 aliphatic carbocycles. The normalized spacial score (nSPS) is 19.3. The van der Waals surface area contributed by atoms with Crippen LogP contribution in [0.25, 0.3) is 0 Å². The van der Waals surface area contributed by atoms with E-state index in [-0.39, 0.29) is 37.1 Å². The molecule has 9 nitrogen and oxygen atoms in total. The summed E-state index contributed by atoms with van der Waals surface area (Å²) < 4.78 is 32.1. The second-order valence-corrected chi connectivity index (χ2v) is 10.5. The van der Waals surface area contributed by atoms with Gasteiger partial charge in [0.25, 0.3) is 0 Å². The van der Waals surface area contributed by atoms with Crippen molar-refractivity contribution >= 4 is 33.2 Å². The molecule has 4 rings (SSSR count). The number of hydrogen-bond acceptors (Lipinski definition) is 6. The highest BCUT2D eigenvalue weighted by Crippen LogP contribution is 2.27. The number of methoxy groups -OCH3 is 1. The minimum Gasteiger partial charge on any atom is -0.497 e. The van der Waals surface area contributed by atoms with Crippen LogP contribution in [0.15, 0.2) is 54.6 Å². The van der Waals surface area contributed by atoms with Crippen LogP contribution in [0.4, 0.5) is 11.4 Å². The Morgan fingerprint density at radius 2 is 1.68 bits per heavy atom. The predicted molar refractivity (Wildman–Crippen MR) is 130 cm³/mol. The van der Waals surface area contributed by atoms with Gasteiger partial charge in [0.15, 0.2) is 0 Å². The fraction of sp³-hybridized carbons (Fsp3) is 0.417. The molecule has 2 aliphatic heterocycles. The minimum atomic E-state index is -3.48. The number of rotatable bonds is 8. The third kappa shape index (κ3) is 5.51. The lowest BCUT2D eigenvalue weighted by molar-refractivity contribution is -0.126. The molecule has 0 spiro atoms. The fourth-order valence-corrected chi connectivity index (χ4v) is 5.67. The maximum Gasteiger partial charge on any atom is 0.227 e. The summed E-state index contributed by atoms with van der Waals surface area (Å²) in [4.78, 5) is 28.8. The lowest BCUT2D eigenvalue weighted by atomic mass is 10.1. The zero-order valence-corrected chi connectivity index (χ0v) is 20.0. The first kappa shape index (κ1) is 24.0. The summed E-state index contributed by atoms with van der Waals surface area (Å²) in [6.07, 6.45) is 0.103. The zero-order valence-electron chi connectivity index (χ0n) is 19.2. The van der Waals surface area contributed by atoms with Gasteiger partial charge in [-0.15, -0.1) is 0 Å². The number of amides is 2. The Morgan fingerprint density at radius 1 is 1.00 bits per heavy atom. The molecule has 182 valence electrons. The number of sulfonamides is 1. The molecule has 2 fully saturated rings. The van der Waals surface area contributed by atoms with Gasteiger partial charge in [-0.25, -0.2) is 8.42 Å². The Labute approximate surface area is 200 Å². The second-order valence-electron chi connectivity index (χ2n) is 8.43. The second kappa shape index (κ2) is 10.4. The summed E-state index contributed by atoms with van der Waals surface area (Å²) >= 11 is 0. The number of anilines is 2. The molecule has 10 heteroatoms. The minimum absolute atomic E-state index is 0.0211. The van der Waals surface area contributed by atoms with Crippen LogP contribution in [-0.2, 0) is 19.6 Å². The smallest absolute Gasteiger partial charge is 0.227 e. The molecule has 2 aliphatic rings. The number of piperazine rings is 1. The van der Waals surface area contributed by atoms with Gasteiger partial charge in [-0.2, -0.15) is 4.31 Å². The van der Waals surface area contributed by atoms with Crippen molar-refractivity contribution in [3.05, 3.63) is 54.6 Å². The van der Waals surface area contributed by atoms with Crippen molar-refractivity contribution in [1.82, 2.24) is 9.62 Å². The predicted octanol–water partition coefficient (Wildman–Crippen LogP) is 1.32. The molecule has 34 heavy (non-hydrogen) atoms. The molecule has 2 aromatic carbocycles. The first-order chi connectivity index (χ1) is 16.4. The summed E-state index contributed by atoms with van der Waals surface area (Å²) in [6.45, 7) is 2.37. The summed E-state index contributed by atoms with van der Waals surface area (Å²) in [5, 5.41) is 2.71. The van der Waals surface area contributed by atoms with Crippen molar-refractivity contribution in [3.8, 4) is 5.75 Å². The number of para-hydroxylation sites is 1. The quantitative estimate of drug-likeness (QED) is 0.604. The molecular formula is C24H30N4O5S. The van der Waals surface area contributed by atoms with E-state index < -0.39 is 15.9 Å². The van der Waals surface area contributed by atoms with Gasteiger partial charge in [0.05, 0.1) is 18.8 Å². The van der Waals surface area contributed by atoms with Crippen LogP contribution in [-0.4, -0.2) is 76.7 Å². The molecule has 2 heterocycles. The van der Waals surface area contributed by atoms with E-state index in [1.807, 2.05) is 30.3 Å². The third-order valence-corrected chi connectivity index (χ3v) is 8.16. The highest BCUT2D eigenvalue weighted by Gasteiger charge is 2.35. The number of nitrogens with zero attached hydrogens (tertiary/aromatic N) is 3. The van der Waals surface area contributed by atoms with E-state index in [0.29, 0.717) is 37.6 Å². The van der Waals surface area contributed by atoms with E-state index in [9.17, 15) is 18.0 Å². The number of benzene rings is 2. The average Bonchev–Trinajstić information content (AvgIpc) is 3.26.